The Hall–Kier alpha value is -2.56. The molecule has 2 aromatic rings. The normalized spacial score (nSPS) is 10.2. The van der Waals surface area contributed by atoms with Gasteiger partial charge < -0.3 is 15.4 Å². The number of nitrogens with two attached hydrogens (primary N) is 1. The predicted molar refractivity (Wildman–Crippen MR) is 79.1 cm³/mol. The zero-order valence-electron chi connectivity index (χ0n) is 11.8. The molecule has 2 rings (SSSR count). The Balaban J connectivity index is 2.40. The van der Waals surface area contributed by atoms with Gasteiger partial charge in [0.1, 0.15) is 5.75 Å². The smallest absolute Gasteiger partial charge is 0.260 e. The third kappa shape index (κ3) is 2.56. The average Bonchev–Trinajstić information content (AvgIpc) is 2.48. The number of hydrogen-bond acceptors (Lipinski definition) is 4. The molecule has 0 fully saturated rings. The van der Waals surface area contributed by atoms with Crippen molar-refractivity contribution in [3.8, 4) is 5.75 Å². The Bertz CT molecular complexity index is 641. The molecule has 1 aromatic heterocycles. The van der Waals surface area contributed by atoms with Crippen LogP contribution in [0.1, 0.15) is 16.1 Å². The molecule has 104 valence electrons. The topological polar surface area (TPSA) is 68.5 Å². The van der Waals surface area contributed by atoms with Crippen molar-refractivity contribution in [1.82, 2.24) is 4.98 Å². The highest BCUT2D eigenvalue weighted by molar-refractivity contribution is 6.07. The van der Waals surface area contributed by atoms with Crippen molar-refractivity contribution in [1.29, 1.82) is 0 Å². The van der Waals surface area contributed by atoms with Gasteiger partial charge in [-0.2, -0.15) is 0 Å². The lowest BCUT2D eigenvalue weighted by Crippen LogP contribution is -2.27. The van der Waals surface area contributed by atoms with Crippen LogP contribution in [0, 0.1) is 6.92 Å². The van der Waals surface area contributed by atoms with Crippen molar-refractivity contribution in [2.75, 3.05) is 24.8 Å². The fraction of sp³-hybridized carbons (Fsp3) is 0.200. The van der Waals surface area contributed by atoms with Gasteiger partial charge in [0.05, 0.1) is 35.9 Å². The highest BCUT2D eigenvalue weighted by Crippen LogP contribution is 2.28. The number of carbonyl (C=O) groups excluding carboxylic acids is 1. The van der Waals surface area contributed by atoms with Gasteiger partial charge >= 0.3 is 0 Å². The molecule has 5 nitrogen and oxygen atoms in total. The molecule has 0 radical (unpaired) electrons. The molecule has 0 spiro atoms. The third-order valence-corrected chi connectivity index (χ3v) is 3.09. The summed E-state index contributed by atoms with van der Waals surface area (Å²) in [6.45, 7) is 1.78. The van der Waals surface area contributed by atoms with Crippen molar-refractivity contribution in [2.24, 2.45) is 0 Å². The number of nitrogen functional groups attached to an aromatic ring is 1. The molecular formula is C15H17N3O2. The number of nitrogens with zero attached hydrogens (tertiary/aromatic N) is 2. The number of anilines is 2. The van der Waals surface area contributed by atoms with Gasteiger partial charge in [-0.05, 0) is 25.1 Å². The lowest BCUT2D eigenvalue weighted by molar-refractivity contribution is 0.0991. The molecule has 0 atom stereocenters. The summed E-state index contributed by atoms with van der Waals surface area (Å²) < 4.78 is 5.27. The van der Waals surface area contributed by atoms with Crippen molar-refractivity contribution in [2.45, 2.75) is 6.92 Å². The van der Waals surface area contributed by atoms with Gasteiger partial charge in [0.15, 0.2) is 0 Å². The fourth-order valence-electron chi connectivity index (χ4n) is 1.96. The Morgan fingerprint density at radius 1 is 1.35 bits per heavy atom. The van der Waals surface area contributed by atoms with Gasteiger partial charge in [0, 0.05) is 7.05 Å². The molecule has 0 bridgehead atoms. The first kappa shape index (κ1) is 13.9. The number of benzene rings is 1. The summed E-state index contributed by atoms with van der Waals surface area (Å²) in [4.78, 5) is 18.2. The van der Waals surface area contributed by atoms with E-state index in [1.165, 1.54) is 11.1 Å². The second-order valence-corrected chi connectivity index (χ2v) is 4.44. The van der Waals surface area contributed by atoms with Gasteiger partial charge in [-0.15, -0.1) is 0 Å². The van der Waals surface area contributed by atoms with Crippen LogP contribution < -0.4 is 15.4 Å². The minimum absolute atomic E-state index is 0.174. The summed E-state index contributed by atoms with van der Waals surface area (Å²) in [6.07, 6.45) is 1.54. The van der Waals surface area contributed by atoms with Crippen LogP contribution in [0.2, 0.25) is 0 Å². The van der Waals surface area contributed by atoms with E-state index in [1.807, 2.05) is 24.3 Å². The summed E-state index contributed by atoms with van der Waals surface area (Å²) in [7, 11) is 3.27. The first-order valence-electron chi connectivity index (χ1n) is 6.17. The first-order chi connectivity index (χ1) is 9.54. The van der Waals surface area contributed by atoms with Gasteiger partial charge in [0.25, 0.3) is 5.91 Å². The van der Waals surface area contributed by atoms with Crippen LogP contribution >= 0.6 is 0 Å². The molecule has 1 heterocycles. The minimum atomic E-state index is -0.174. The summed E-state index contributed by atoms with van der Waals surface area (Å²) in [5, 5.41) is 0. The maximum atomic E-state index is 12.6. The third-order valence-electron chi connectivity index (χ3n) is 3.09. The second kappa shape index (κ2) is 5.61. The number of ether oxygens (including phenoxy) is 1. The van der Waals surface area contributed by atoms with Crippen LogP contribution in [0.15, 0.2) is 36.5 Å². The van der Waals surface area contributed by atoms with E-state index in [9.17, 15) is 4.79 Å². The highest BCUT2D eigenvalue weighted by atomic mass is 16.5. The van der Waals surface area contributed by atoms with Crippen LogP contribution in [0.4, 0.5) is 11.4 Å². The number of hydrogen-bond donors (Lipinski definition) is 1. The van der Waals surface area contributed by atoms with E-state index in [4.69, 9.17) is 10.5 Å². The highest BCUT2D eigenvalue weighted by Gasteiger charge is 2.19. The van der Waals surface area contributed by atoms with Crippen molar-refractivity contribution >= 4 is 17.3 Å². The number of aromatic nitrogens is 1. The van der Waals surface area contributed by atoms with Gasteiger partial charge in [-0.25, -0.2) is 0 Å². The molecule has 0 aliphatic carbocycles. The minimum Gasteiger partial charge on any atom is -0.495 e. The number of para-hydroxylation sites is 2. The van der Waals surface area contributed by atoms with E-state index < -0.39 is 0 Å². The maximum absolute atomic E-state index is 12.6. The van der Waals surface area contributed by atoms with Crippen LogP contribution in [0.25, 0.3) is 0 Å². The molecule has 0 unspecified atom stereocenters. The van der Waals surface area contributed by atoms with E-state index in [0.717, 1.165) is 0 Å². The first-order valence-corrected chi connectivity index (χ1v) is 6.17. The molecule has 5 heteroatoms. The largest absolute Gasteiger partial charge is 0.495 e. The molecule has 2 N–H and O–H groups in total. The van der Waals surface area contributed by atoms with E-state index in [2.05, 4.69) is 4.98 Å². The lowest BCUT2D eigenvalue weighted by atomic mass is 10.1. The van der Waals surface area contributed by atoms with Crippen LogP contribution in [0.5, 0.6) is 5.75 Å². The van der Waals surface area contributed by atoms with Gasteiger partial charge in [0.2, 0.25) is 0 Å². The number of amides is 1. The summed E-state index contributed by atoms with van der Waals surface area (Å²) in [5.74, 6) is 0.463. The van der Waals surface area contributed by atoms with E-state index in [1.54, 1.807) is 27.1 Å². The van der Waals surface area contributed by atoms with Crippen molar-refractivity contribution < 1.29 is 9.53 Å². The molecule has 1 aromatic carbocycles. The number of carbonyl (C=O) groups is 1. The van der Waals surface area contributed by atoms with Gasteiger partial charge in [-0.1, -0.05) is 12.1 Å². The second-order valence-electron chi connectivity index (χ2n) is 4.44. The summed E-state index contributed by atoms with van der Waals surface area (Å²) in [5.41, 5.74) is 7.99. The number of pyridine rings is 1. The summed E-state index contributed by atoms with van der Waals surface area (Å²) in [6, 6.07) is 8.98. The van der Waals surface area contributed by atoms with E-state index in [-0.39, 0.29) is 5.91 Å². The lowest BCUT2D eigenvalue weighted by Gasteiger charge is -2.20. The Morgan fingerprint density at radius 3 is 2.75 bits per heavy atom. The molecule has 0 saturated carbocycles. The number of methoxy groups -OCH3 is 1. The van der Waals surface area contributed by atoms with Crippen LogP contribution in [-0.2, 0) is 0 Å². The Kier molecular flexibility index (Phi) is 3.89. The number of rotatable bonds is 3. The monoisotopic (exact) mass is 271 g/mol. The Morgan fingerprint density at radius 2 is 2.05 bits per heavy atom. The number of aryl methyl sites for hydroxylation is 1. The van der Waals surface area contributed by atoms with Gasteiger partial charge in [-0.3, -0.25) is 9.78 Å². The SMILES string of the molecule is COc1ccccc1N(C)C(=O)c1cc(N)cnc1C. The quantitative estimate of drug-likeness (QED) is 0.929. The fourth-order valence-corrected chi connectivity index (χ4v) is 1.96. The zero-order chi connectivity index (χ0) is 14.7. The van der Waals surface area contributed by atoms with Crippen molar-refractivity contribution in [3.63, 3.8) is 0 Å². The molecule has 0 aliphatic heterocycles. The zero-order valence-corrected chi connectivity index (χ0v) is 11.8. The van der Waals surface area contributed by atoms with E-state index in [0.29, 0.717) is 28.4 Å². The van der Waals surface area contributed by atoms with E-state index >= 15 is 0 Å². The molecular weight excluding hydrogens is 254 g/mol. The average molecular weight is 271 g/mol. The molecule has 0 saturated heterocycles. The molecule has 1 amide bonds. The van der Waals surface area contributed by atoms with Crippen LogP contribution in [-0.4, -0.2) is 25.0 Å². The van der Waals surface area contributed by atoms with Crippen molar-refractivity contribution in [3.05, 3.63) is 47.8 Å². The maximum Gasteiger partial charge on any atom is 0.260 e. The Labute approximate surface area is 118 Å². The standard InChI is InChI=1S/C15H17N3O2/c1-10-12(8-11(16)9-17-10)15(19)18(2)13-6-4-5-7-14(13)20-3/h4-9H,16H2,1-3H3. The predicted octanol–water partition coefficient (Wildman–Crippen LogP) is 2.26. The molecule has 20 heavy (non-hydrogen) atoms. The van der Waals surface area contributed by atoms with Crippen LogP contribution in [0.3, 0.4) is 0 Å². The summed E-state index contributed by atoms with van der Waals surface area (Å²) >= 11 is 0. The molecule has 0 aliphatic rings.